The first-order chi connectivity index (χ1) is 10.1. The molecule has 5 heteroatoms. The van der Waals surface area contributed by atoms with Gasteiger partial charge in [-0.05, 0) is 38.0 Å². The van der Waals surface area contributed by atoms with E-state index in [1.165, 1.54) is 0 Å². The van der Waals surface area contributed by atoms with Gasteiger partial charge in [-0.2, -0.15) is 0 Å². The highest BCUT2D eigenvalue weighted by atomic mass is 16.5. The Morgan fingerprint density at radius 1 is 1.33 bits per heavy atom. The zero-order valence-corrected chi connectivity index (χ0v) is 12.4. The average Bonchev–Trinajstić information content (AvgIpc) is 2.98. The van der Waals surface area contributed by atoms with Crippen LogP contribution in [0.3, 0.4) is 0 Å². The molecule has 5 nitrogen and oxygen atoms in total. The zero-order valence-electron chi connectivity index (χ0n) is 12.4. The molecular weight excluding hydrogens is 268 g/mol. The number of hydrogen-bond acceptors (Lipinski definition) is 4. The number of rotatable bonds is 5. The van der Waals surface area contributed by atoms with E-state index in [1.807, 2.05) is 0 Å². The highest BCUT2D eigenvalue weighted by Crippen LogP contribution is 2.38. The lowest BCUT2D eigenvalue weighted by Gasteiger charge is -2.25. The predicted octanol–water partition coefficient (Wildman–Crippen LogP) is 2.32. The van der Waals surface area contributed by atoms with E-state index in [4.69, 9.17) is 10.5 Å². The van der Waals surface area contributed by atoms with E-state index < -0.39 is 5.41 Å². The zero-order chi connectivity index (χ0) is 15.3. The molecule has 21 heavy (non-hydrogen) atoms. The average molecular weight is 290 g/mol. The van der Waals surface area contributed by atoms with Crippen molar-refractivity contribution in [3.63, 3.8) is 0 Å². The molecular formula is C16H22N2O3. The van der Waals surface area contributed by atoms with Crippen molar-refractivity contribution in [1.82, 2.24) is 0 Å². The SMILES string of the molecule is CCOC(=O)c1cccc(NC(=O)C2(CN)CCCC2)c1. The monoisotopic (exact) mass is 290 g/mol. The highest BCUT2D eigenvalue weighted by Gasteiger charge is 2.39. The molecule has 0 atom stereocenters. The van der Waals surface area contributed by atoms with E-state index in [0.29, 0.717) is 24.4 Å². The first-order valence-corrected chi connectivity index (χ1v) is 7.40. The third-order valence-corrected chi connectivity index (χ3v) is 4.06. The summed E-state index contributed by atoms with van der Waals surface area (Å²) in [7, 11) is 0. The lowest BCUT2D eigenvalue weighted by atomic mass is 9.85. The number of nitrogens with two attached hydrogens (primary N) is 1. The van der Waals surface area contributed by atoms with Crippen molar-refractivity contribution < 1.29 is 14.3 Å². The fourth-order valence-corrected chi connectivity index (χ4v) is 2.78. The third kappa shape index (κ3) is 3.42. The van der Waals surface area contributed by atoms with Gasteiger partial charge >= 0.3 is 5.97 Å². The van der Waals surface area contributed by atoms with Gasteiger partial charge in [0.25, 0.3) is 0 Å². The normalized spacial score (nSPS) is 16.5. The number of esters is 1. The maximum atomic E-state index is 12.5. The van der Waals surface area contributed by atoms with Gasteiger partial charge in [-0.3, -0.25) is 4.79 Å². The Morgan fingerprint density at radius 3 is 2.67 bits per heavy atom. The van der Waals surface area contributed by atoms with Gasteiger partial charge in [0.15, 0.2) is 0 Å². The highest BCUT2D eigenvalue weighted by molar-refractivity contribution is 5.97. The van der Waals surface area contributed by atoms with Crippen molar-refractivity contribution >= 4 is 17.6 Å². The number of benzene rings is 1. The van der Waals surface area contributed by atoms with E-state index in [0.717, 1.165) is 25.7 Å². The molecule has 0 aromatic heterocycles. The minimum absolute atomic E-state index is 0.0523. The molecule has 2 rings (SSSR count). The van der Waals surface area contributed by atoms with Crippen LogP contribution in [0.4, 0.5) is 5.69 Å². The molecule has 1 aromatic carbocycles. The maximum absolute atomic E-state index is 12.5. The van der Waals surface area contributed by atoms with Gasteiger partial charge in [0.1, 0.15) is 0 Å². The van der Waals surface area contributed by atoms with Crippen LogP contribution in [-0.2, 0) is 9.53 Å². The summed E-state index contributed by atoms with van der Waals surface area (Å²) in [6.07, 6.45) is 3.72. The second kappa shape index (κ2) is 6.72. The van der Waals surface area contributed by atoms with Crippen molar-refractivity contribution in [2.75, 3.05) is 18.5 Å². The lowest BCUT2D eigenvalue weighted by molar-refractivity contribution is -0.124. The van der Waals surface area contributed by atoms with Crippen LogP contribution in [-0.4, -0.2) is 25.0 Å². The summed E-state index contributed by atoms with van der Waals surface area (Å²) < 4.78 is 4.96. The molecule has 114 valence electrons. The Kier molecular flexibility index (Phi) is 4.96. The molecule has 0 radical (unpaired) electrons. The second-order valence-electron chi connectivity index (χ2n) is 5.45. The second-order valence-corrected chi connectivity index (χ2v) is 5.45. The summed E-state index contributed by atoms with van der Waals surface area (Å²) >= 11 is 0. The molecule has 1 aliphatic carbocycles. The Morgan fingerprint density at radius 2 is 2.05 bits per heavy atom. The molecule has 0 heterocycles. The van der Waals surface area contributed by atoms with Gasteiger partial charge in [-0.25, -0.2) is 4.79 Å². The Bertz CT molecular complexity index is 522. The van der Waals surface area contributed by atoms with Crippen LogP contribution in [0.1, 0.15) is 43.0 Å². The summed E-state index contributed by atoms with van der Waals surface area (Å²) in [5, 5.41) is 2.89. The maximum Gasteiger partial charge on any atom is 0.338 e. The predicted molar refractivity (Wildman–Crippen MR) is 81.0 cm³/mol. The van der Waals surface area contributed by atoms with Crippen LogP contribution >= 0.6 is 0 Å². The van der Waals surface area contributed by atoms with E-state index in [-0.39, 0.29) is 11.9 Å². The molecule has 0 aliphatic heterocycles. The largest absolute Gasteiger partial charge is 0.462 e. The summed E-state index contributed by atoms with van der Waals surface area (Å²) in [5.41, 5.74) is 6.38. The molecule has 0 spiro atoms. The van der Waals surface area contributed by atoms with Gasteiger partial charge in [0.2, 0.25) is 5.91 Å². The summed E-state index contributed by atoms with van der Waals surface area (Å²) in [4.78, 5) is 24.2. The number of hydrogen-bond donors (Lipinski definition) is 2. The number of carbonyl (C=O) groups excluding carboxylic acids is 2. The number of nitrogens with one attached hydrogen (secondary N) is 1. The van der Waals surface area contributed by atoms with Crippen LogP contribution in [0.5, 0.6) is 0 Å². The molecule has 1 amide bonds. The Balaban J connectivity index is 2.10. The molecule has 0 bridgehead atoms. The van der Waals surface area contributed by atoms with E-state index in [2.05, 4.69) is 5.32 Å². The first-order valence-electron chi connectivity index (χ1n) is 7.40. The van der Waals surface area contributed by atoms with Gasteiger partial charge in [0.05, 0.1) is 17.6 Å². The molecule has 0 unspecified atom stereocenters. The molecule has 1 aromatic rings. The number of carbonyl (C=O) groups is 2. The lowest BCUT2D eigenvalue weighted by Crippen LogP contribution is -2.40. The summed E-state index contributed by atoms with van der Waals surface area (Å²) in [6, 6.07) is 6.79. The van der Waals surface area contributed by atoms with E-state index in [1.54, 1.807) is 31.2 Å². The quantitative estimate of drug-likeness (QED) is 0.815. The van der Waals surface area contributed by atoms with Crippen LogP contribution in [0.25, 0.3) is 0 Å². The standard InChI is InChI=1S/C16H22N2O3/c1-2-21-14(19)12-6-5-7-13(10-12)18-15(20)16(11-17)8-3-4-9-16/h5-7,10H,2-4,8-9,11,17H2,1H3,(H,18,20). The van der Waals surface area contributed by atoms with Gasteiger partial charge < -0.3 is 15.8 Å². The van der Waals surface area contributed by atoms with Gasteiger partial charge in [-0.15, -0.1) is 0 Å². The summed E-state index contributed by atoms with van der Waals surface area (Å²) in [6.45, 7) is 2.44. The van der Waals surface area contributed by atoms with Gasteiger partial charge in [-0.1, -0.05) is 18.9 Å². The minimum Gasteiger partial charge on any atom is -0.462 e. The fourth-order valence-electron chi connectivity index (χ4n) is 2.78. The van der Waals surface area contributed by atoms with Crippen molar-refractivity contribution in [2.24, 2.45) is 11.1 Å². The molecule has 0 saturated heterocycles. The molecule has 1 aliphatic rings. The third-order valence-electron chi connectivity index (χ3n) is 4.06. The van der Waals surface area contributed by atoms with Crippen molar-refractivity contribution in [3.8, 4) is 0 Å². The van der Waals surface area contributed by atoms with E-state index in [9.17, 15) is 9.59 Å². The smallest absolute Gasteiger partial charge is 0.338 e. The Labute approximate surface area is 124 Å². The Hall–Kier alpha value is -1.88. The van der Waals surface area contributed by atoms with E-state index >= 15 is 0 Å². The summed E-state index contributed by atoms with van der Waals surface area (Å²) in [5.74, 6) is -0.438. The van der Waals surface area contributed by atoms with Crippen LogP contribution in [0.15, 0.2) is 24.3 Å². The number of ether oxygens (including phenoxy) is 1. The topological polar surface area (TPSA) is 81.4 Å². The van der Waals surface area contributed by atoms with Crippen molar-refractivity contribution in [1.29, 1.82) is 0 Å². The van der Waals surface area contributed by atoms with Crippen LogP contribution in [0, 0.1) is 5.41 Å². The van der Waals surface area contributed by atoms with Gasteiger partial charge in [0, 0.05) is 12.2 Å². The molecule has 1 saturated carbocycles. The first kappa shape index (κ1) is 15.5. The molecule has 3 N–H and O–H groups in total. The van der Waals surface area contributed by atoms with Crippen LogP contribution in [0.2, 0.25) is 0 Å². The van der Waals surface area contributed by atoms with Crippen LogP contribution < -0.4 is 11.1 Å². The number of amides is 1. The van der Waals surface area contributed by atoms with Crippen molar-refractivity contribution in [3.05, 3.63) is 29.8 Å². The van der Waals surface area contributed by atoms with Crippen molar-refractivity contribution in [2.45, 2.75) is 32.6 Å². The number of anilines is 1. The fraction of sp³-hybridized carbons (Fsp3) is 0.500. The minimum atomic E-state index is -0.458. The molecule has 1 fully saturated rings.